The predicted molar refractivity (Wildman–Crippen MR) is 136 cm³/mol. The van der Waals surface area contributed by atoms with Crippen molar-refractivity contribution in [1.29, 1.82) is 5.26 Å². The van der Waals surface area contributed by atoms with E-state index >= 15 is 0 Å². The highest BCUT2D eigenvalue weighted by Gasteiger charge is 2.18. The molecule has 0 spiro atoms. The van der Waals surface area contributed by atoms with E-state index in [2.05, 4.69) is 21.0 Å². The molecule has 0 radical (unpaired) electrons. The first-order valence-corrected chi connectivity index (χ1v) is 12.6. The molecule has 6 nitrogen and oxygen atoms in total. The lowest BCUT2D eigenvalue weighted by Crippen LogP contribution is -2.09. The summed E-state index contributed by atoms with van der Waals surface area (Å²) >= 11 is 3.99. The topological polar surface area (TPSA) is 103 Å². The number of aliphatic hydroxyl groups is 1. The van der Waals surface area contributed by atoms with Gasteiger partial charge in [0.2, 0.25) is 0 Å². The predicted octanol–water partition coefficient (Wildman–Crippen LogP) is 6.15. The summed E-state index contributed by atoms with van der Waals surface area (Å²) < 4.78 is 0.944. The van der Waals surface area contributed by atoms with Crippen LogP contribution in [-0.2, 0) is 0 Å². The fraction of sp³-hybridized carbons (Fsp3) is 0.0833. The number of H-pyrrole nitrogens is 1. The molecule has 0 fully saturated rings. The Morgan fingerprint density at radius 2 is 1.88 bits per heavy atom. The van der Waals surface area contributed by atoms with Gasteiger partial charge in [-0.2, -0.15) is 5.26 Å². The Bertz CT molecular complexity index is 1590. The molecule has 162 valence electrons. The first-order chi connectivity index (χ1) is 16.0. The Morgan fingerprint density at radius 1 is 1.12 bits per heavy atom. The molecule has 0 aliphatic heterocycles. The maximum Gasteiger partial charge on any atom is 0.260 e. The van der Waals surface area contributed by atoms with E-state index in [1.54, 1.807) is 0 Å². The Kier molecular flexibility index (Phi) is 5.72. The van der Waals surface area contributed by atoms with E-state index in [1.807, 2.05) is 61.5 Å². The summed E-state index contributed by atoms with van der Waals surface area (Å²) in [6.45, 7) is 1.98. The summed E-state index contributed by atoms with van der Waals surface area (Å²) in [5.41, 5.74) is 2.56. The molecule has 9 heteroatoms. The molecule has 0 atom stereocenters. The summed E-state index contributed by atoms with van der Waals surface area (Å²) in [6.07, 6.45) is 0. The van der Waals surface area contributed by atoms with Gasteiger partial charge in [-0.1, -0.05) is 54.2 Å². The van der Waals surface area contributed by atoms with Gasteiger partial charge in [0.15, 0.2) is 5.16 Å². The first-order valence-electron chi connectivity index (χ1n) is 9.95. The minimum Gasteiger partial charge on any atom is -0.510 e. The number of thiazole rings is 1. The molecule has 3 heterocycles. The number of aryl methyl sites for hydroxylation is 1. The van der Waals surface area contributed by atoms with E-state index in [4.69, 9.17) is 0 Å². The number of aromatic nitrogens is 3. The first kappa shape index (κ1) is 21.4. The Labute approximate surface area is 200 Å². The number of aliphatic hydroxyl groups excluding tert-OH is 1. The monoisotopic (exact) mass is 488 g/mol. The lowest BCUT2D eigenvalue weighted by atomic mass is 10.0. The highest BCUT2D eigenvalue weighted by molar-refractivity contribution is 7.99. The number of hydrogen-bond acceptors (Lipinski definition) is 8. The van der Waals surface area contributed by atoms with E-state index in [-0.39, 0.29) is 22.6 Å². The van der Waals surface area contributed by atoms with Gasteiger partial charge in [-0.05, 0) is 24.6 Å². The van der Waals surface area contributed by atoms with Crippen LogP contribution in [0.2, 0.25) is 0 Å². The third-order valence-corrected chi connectivity index (χ3v) is 7.97. The molecule has 0 unspecified atom stereocenters. The molecule has 5 aromatic rings. The van der Waals surface area contributed by atoms with Crippen molar-refractivity contribution in [3.63, 3.8) is 0 Å². The van der Waals surface area contributed by atoms with Crippen LogP contribution in [-0.4, -0.2) is 25.8 Å². The highest BCUT2D eigenvalue weighted by atomic mass is 32.2. The highest BCUT2D eigenvalue weighted by Crippen LogP contribution is 2.36. The molecule has 3 aromatic heterocycles. The second-order valence-corrected chi connectivity index (χ2v) is 10.4. The molecule has 0 aliphatic carbocycles. The summed E-state index contributed by atoms with van der Waals surface area (Å²) in [7, 11) is 0. The Balaban J connectivity index is 1.46. The number of para-hydroxylation sites is 1. The van der Waals surface area contributed by atoms with Gasteiger partial charge in [0, 0.05) is 10.4 Å². The van der Waals surface area contributed by atoms with Crippen molar-refractivity contribution in [2.75, 3.05) is 5.75 Å². The summed E-state index contributed by atoms with van der Waals surface area (Å²) in [5, 5.41) is 21.7. The summed E-state index contributed by atoms with van der Waals surface area (Å²) in [6, 6.07) is 19.4. The SMILES string of the molecule is Cc1sc2nc(SC/C(O)=C(\C#N)c3nc4ccccc4s3)[nH]c(=O)c2c1-c1ccccc1. The Hall–Kier alpha value is -3.45. The quantitative estimate of drug-likeness (QED) is 0.133. The van der Waals surface area contributed by atoms with Crippen LogP contribution < -0.4 is 5.56 Å². The maximum atomic E-state index is 12.9. The molecule has 0 saturated heterocycles. The van der Waals surface area contributed by atoms with Gasteiger partial charge in [0.1, 0.15) is 27.2 Å². The second kappa shape index (κ2) is 8.83. The molecule has 0 saturated carbocycles. The van der Waals surface area contributed by atoms with Gasteiger partial charge in [0.25, 0.3) is 5.56 Å². The fourth-order valence-corrected chi connectivity index (χ4v) is 6.37. The van der Waals surface area contributed by atoms with Crippen molar-refractivity contribution in [1.82, 2.24) is 15.0 Å². The number of rotatable bonds is 5. The van der Waals surface area contributed by atoms with E-state index in [1.165, 1.54) is 34.4 Å². The van der Waals surface area contributed by atoms with Crippen molar-refractivity contribution in [2.45, 2.75) is 12.1 Å². The number of thiophene rings is 1. The summed E-state index contributed by atoms with van der Waals surface area (Å²) in [4.78, 5) is 26.5. The van der Waals surface area contributed by atoms with Crippen molar-refractivity contribution < 1.29 is 5.11 Å². The van der Waals surface area contributed by atoms with E-state index in [0.717, 1.165) is 26.2 Å². The van der Waals surface area contributed by atoms with Crippen LogP contribution in [0.15, 0.2) is 70.3 Å². The van der Waals surface area contributed by atoms with Crippen molar-refractivity contribution >= 4 is 60.4 Å². The zero-order valence-electron chi connectivity index (χ0n) is 17.3. The van der Waals surface area contributed by atoms with E-state index < -0.39 is 0 Å². The van der Waals surface area contributed by atoms with Crippen LogP contribution in [0.4, 0.5) is 0 Å². The Morgan fingerprint density at radius 3 is 2.64 bits per heavy atom. The minimum atomic E-state index is -0.221. The standard InChI is InChI=1S/C24H16N4O2S3/c1-13-19(14-7-3-2-4-8-14)20-21(30)27-24(28-23(20)32-13)31-12-17(29)15(11-25)22-26-16-9-5-6-10-18(16)33-22/h2-10,29H,12H2,1H3,(H,27,28,30)/b17-15-. The molecule has 5 rings (SSSR count). The van der Waals surface area contributed by atoms with Crippen LogP contribution in [0, 0.1) is 18.3 Å². The molecule has 2 N–H and O–H groups in total. The third kappa shape index (κ3) is 4.04. The van der Waals surface area contributed by atoms with Gasteiger partial charge in [-0.15, -0.1) is 22.7 Å². The number of allylic oxidation sites excluding steroid dienone is 1. The molecule has 0 bridgehead atoms. The largest absolute Gasteiger partial charge is 0.510 e. The number of hydrogen-bond donors (Lipinski definition) is 2. The molecular weight excluding hydrogens is 472 g/mol. The number of thioether (sulfide) groups is 1. The van der Waals surface area contributed by atoms with Gasteiger partial charge in [0.05, 0.1) is 21.4 Å². The van der Waals surface area contributed by atoms with Crippen molar-refractivity contribution in [3.8, 4) is 17.2 Å². The normalized spacial score (nSPS) is 12.1. The van der Waals surface area contributed by atoms with Crippen molar-refractivity contribution in [2.24, 2.45) is 0 Å². The molecular formula is C24H16N4O2S3. The fourth-order valence-electron chi connectivity index (χ4n) is 3.54. The zero-order chi connectivity index (χ0) is 22.9. The lowest BCUT2D eigenvalue weighted by molar-refractivity contribution is 0.420. The van der Waals surface area contributed by atoms with Gasteiger partial charge in [-0.25, -0.2) is 9.97 Å². The van der Waals surface area contributed by atoms with Gasteiger partial charge < -0.3 is 10.1 Å². The van der Waals surface area contributed by atoms with Gasteiger partial charge >= 0.3 is 0 Å². The van der Waals surface area contributed by atoms with Crippen LogP contribution >= 0.6 is 34.4 Å². The number of nitriles is 1. The minimum absolute atomic E-state index is 0.0865. The number of benzene rings is 2. The lowest BCUT2D eigenvalue weighted by Gasteiger charge is -2.04. The summed E-state index contributed by atoms with van der Waals surface area (Å²) in [5.74, 6) is -0.0139. The van der Waals surface area contributed by atoms with E-state index in [0.29, 0.717) is 20.4 Å². The zero-order valence-corrected chi connectivity index (χ0v) is 19.8. The smallest absolute Gasteiger partial charge is 0.260 e. The number of nitrogens with zero attached hydrogens (tertiary/aromatic N) is 3. The van der Waals surface area contributed by atoms with Crippen molar-refractivity contribution in [3.05, 3.63) is 80.6 Å². The second-order valence-electron chi connectivity index (χ2n) is 7.16. The molecule has 0 aliphatic rings. The average Bonchev–Trinajstić information content (AvgIpc) is 3.39. The third-order valence-electron chi connectivity index (χ3n) is 5.03. The average molecular weight is 489 g/mol. The number of aromatic amines is 1. The van der Waals surface area contributed by atoms with Crippen LogP contribution in [0.3, 0.4) is 0 Å². The van der Waals surface area contributed by atoms with E-state index in [9.17, 15) is 15.2 Å². The molecule has 2 aromatic carbocycles. The van der Waals surface area contributed by atoms with Crippen LogP contribution in [0.5, 0.6) is 0 Å². The molecule has 0 amide bonds. The molecule has 33 heavy (non-hydrogen) atoms. The maximum absolute atomic E-state index is 12.9. The van der Waals surface area contributed by atoms with Crippen LogP contribution in [0.1, 0.15) is 9.88 Å². The number of fused-ring (bicyclic) bond motifs is 2. The van der Waals surface area contributed by atoms with Gasteiger partial charge in [-0.3, -0.25) is 4.79 Å². The number of nitrogens with one attached hydrogen (secondary N) is 1. The van der Waals surface area contributed by atoms with Crippen LogP contribution in [0.25, 0.3) is 37.1 Å².